The van der Waals surface area contributed by atoms with E-state index >= 15 is 0 Å². The minimum absolute atomic E-state index is 0.00803. The Bertz CT molecular complexity index is 930. The van der Waals surface area contributed by atoms with Gasteiger partial charge in [0.25, 0.3) is 0 Å². The van der Waals surface area contributed by atoms with Gasteiger partial charge in [-0.2, -0.15) is 0 Å². The van der Waals surface area contributed by atoms with Crippen LogP contribution in [-0.4, -0.2) is 19.2 Å². The minimum atomic E-state index is -0.829. The second-order valence-corrected chi connectivity index (χ2v) is 6.97. The number of aromatic nitrogens is 1. The Morgan fingerprint density at radius 3 is 2.52 bits per heavy atom. The van der Waals surface area contributed by atoms with Crippen LogP contribution in [0, 0.1) is 11.6 Å². The molecule has 3 rings (SSSR count). The summed E-state index contributed by atoms with van der Waals surface area (Å²) in [5.74, 6) is -0.320. The summed E-state index contributed by atoms with van der Waals surface area (Å²) in [4.78, 5) is 4.67. The first-order valence-electron chi connectivity index (χ1n) is 8.47. The summed E-state index contributed by atoms with van der Waals surface area (Å²) < 4.78 is 37.1. The molecule has 0 spiro atoms. The molecule has 3 aromatic rings. The van der Waals surface area contributed by atoms with E-state index < -0.39 is 11.6 Å². The summed E-state index contributed by atoms with van der Waals surface area (Å²) in [5.41, 5.74) is 2.63. The third kappa shape index (κ3) is 4.43. The Kier molecular flexibility index (Phi) is 6.03. The minimum Gasteiger partial charge on any atom is -0.493 e. The first-order chi connectivity index (χ1) is 13.0. The number of hydrogen-bond acceptors (Lipinski definition) is 4. The van der Waals surface area contributed by atoms with Gasteiger partial charge in [-0.1, -0.05) is 0 Å². The van der Waals surface area contributed by atoms with Crippen LogP contribution in [0.2, 0.25) is 0 Å². The van der Waals surface area contributed by atoms with Crippen LogP contribution in [0.3, 0.4) is 0 Å². The van der Waals surface area contributed by atoms with E-state index in [1.54, 1.807) is 31.6 Å². The molecule has 7 heteroatoms. The highest BCUT2D eigenvalue weighted by Gasteiger charge is 2.14. The normalized spacial score (nSPS) is 12.0. The maximum Gasteiger partial charge on any atom is 0.161 e. The van der Waals surface area contributed by atoms with Gasteiger partial charge >= 0.3 is 0 Å². The van der Waals surface area contributed by atoms with Gasteiger partial charge in [0.05, 0.1) is 14.2 Å². The average molecular weight is 391 g/mol. The van der Waals surface area contributed by atoms with Crippen LogP contribution in [0.4, 0.5) is 8.78 Å². The summed E-state index contributed by atoms with van der Waals surface area (Å²) >= 11 is 1.55. The molecular formula is C20H21F2N2O2S+. The number of methoxy groups -OCH3 is 2. The standard InChI is InChI=1S/C20H20F2N2O2S/c1-12(13-4-6-16(21)17(22)8-13)23-10-15-11-27-20(24-15)14-5-7-18(25-2)19(9-14)26-3/h4-9,11-12,23H,10H2,1-3H3/p+1/t12-/m1/s1. The molecule has 142 valence electrons. The summed E-state index contributed by atoms with van der Waals surface area (Å²) in [5, 5.41) is 4.93. The van der Waals surface area contributed by atoms with Crippen molar-refractivity contribution in [1.29, 1.82) is 0 Å². The molecule has 27 heavy (non-hydrogen) atoms. The van der Waals surface area contributed by atoms with Crippen LogP contribution in [0.5, 0.6) is 11.5 Å². The summed E-state index contributed by atoms with van der Waals surface area (Å²) in [6, 6.07) is 9.69. The van der Waals surface area contributed by atoms with Crippen LogP contribution in [0.15, 0.2) is 41.8 Å². The first kappa shape index (κ1) is 19.3. The van der Waals surface area contributed by atoms with Crippen LogP contribution in [0.1, 0.15) is 24.2 Å². The smallest absolute Gasteiger partial charge is 0.161 e. The Balaban J connectivity index is 1.68. The maximum absolute atomic E-state index is 13.4. The number of nitrogens with two attached hydrogens (primary N) is 1. The highest BCUT2D eigenvalue weighted by molar-refractivity contribution is 7.13. The van der Waals surface area contributed by atoms with Crippen molar-refractivity contribution in [2.24, 2.45) is 0 Å². The molecule has 1 heterocycles. The Labute approximate surface area is 160 Å². The second kappa shape index (κ2) is 8.45. The maximum atomic E-state index is 13.4. The van der Waals surface area contributed by atoms with Crippen molar-refractivity contribution in [3.8, 4) is 22.1 Å². The van der Waals surface area contributed by atoms with Gasteiger partial charge in [-0.15, -0.1) is 11.3 Å². The molecule has 2 aromatic carbocycles. The van der Waals surface area contributed by atoms with Crippen molar-refractivity contribution in [3.63, 3.8) is 0 Å². The van der Waals surface area contributed by atoms with E-state index in [1.165, 1.54) is 6.07 Å². The van der Waals surface area contributed by atoms with Gasteiger partial charge in [0.1, 0.15) is 23.3 Å². The molecule has 1 aromatic heterocycles. The molecule has 0 aliphatic rings. The van der Waals surface area contributed by atoms with Gasteiger partial charge < -0.3 is 14.8 Å². The lowest BCUT2D eigenvalue weighted by atomic mass is 10.1. The highest BCUT2D eigenvalue weighted by atomic mass is 32.1. The summed E-state index contributed by atoms with van der Waals surface area (Å²) in [6.07, 6.45) is 0. The van der Waals surface area contributed by atoms with Gasteiger partial charge in [0.15, 0.2) is 23.1 Å². The van der Waals surface area contributed by atoms with E-state index in [2.05, 4.69) is 4.98 Å². The number of thiazole rings is 1. The van der Waals surface area contributed by atoms with E-state index in [0.717, 1.165) is 27.9 Å². The lowest BCUT2D eigenvalue weighted by Crippen LogP contribution is -2.83. The topological polar surface area (TPSA) is 48.0 Å². The molecule has 2 N–H and O–H groups in total. The van der Waals surface area contributed by atoms with Crippen molar-refractivity contribution >= 4 is 11.3 Å². The first-order valence-corrected chi connectivity index (χ1v) is 9.35. The van der Waals surface area contributed by atoms with E-state index in [9.17, 15) is 8.78 Å². The number of ether oxygens (including phenoxy) is 2. The van der Waals surface area contributed by atoms with Crippen LogP contribution >= 0.6 is 11.3 Å². The number of benzene rings is 2. The van der Waals surface area contributed by atoms with E-state index in [1.807, 2.05) is 35.8 Å². The molecule has 0 fully saturated rings. The van der Waals surface area contributed by atoms with Gasteiger partial charge in [0.2, 0.25) is 0 Å². The number of hydrogen-bond donors (Lipinski definition) is 1. The molecule has 0 saturated carbocycles. The molecule has 0 saturated heterocycles. The molecule has 0 aliphatic heterocycles. The zero-order chi connectivity index (χ0) is 19.4. The lowest BCUT2D eigenvalue weighted by molar-refractivity contribution is -0.708. The zero-order valence-electron chi connectivity index (χ0n) is 15.3. The SMILES string of the molecule is COc1ccc(-c2nc(C[NH2+][C@H](C)c3ccc(F)c(F)c3)cs2)cc1OC. The van der Waals surface area contributed by atoms with Crippen molar-refractivity contribution in [2.45, 2.75) is 19.5 Å². The van der Waals surface area contributed by atoms with Gasteiger partial charge in [-0.05, 0) is 43.3 Å². The van der Waals surface area contributed by atoms with Crippen molar-refractivity contribution in [1.82, 2.24) is 4.98 Å². The quantitative estimate of drug-likeness (QED) is 0.664. The van der Waals surface area contributed by atoms with Crippen molar-refractivity contribution in [3.05, 3.63) is 64.7 Å². The largest absolute Gasteiger partial charge is 0.493 e. The monoisotopic (exact) mass is 391 g/mol. The molecular weight excluding hydrogens is 370 g/mol. The van der Waals surface area contributed by atoms with Crippen LogP contribution in [0.25, 0.3) is 10.6 Å². The van der Waals surface area contributed by atoms with Gasteiger partial charge in [0, 0.05) is 16.5 Å². The Morgan fingerprint density at radius 1 is 1.04 bits per heavy atom. The highest BCUT2D eigenvalue weighted by Crippen LogP contribution is 2.33. The predicted molar refractivity (Wildman–Crippen MR) is 101 cm³/mol. The van der Waals surface area contributed by atoms with Crippen LogP contribution < -0.4 is 14.8 Å². The fourth-order valence-electron chi connectivity index (χ4n) is 2.73. The molecule has 4 nitrogen and oxygen atoms in total. The molecule has 0 radical (unpaired) electrons. The molecule has 0 unspecified atom stereocenters. The predicted octanol–water partition coefficient (Wildman–Crippen LogP) is 3.93. The Morgan fingerprint density at radius 2 is 1.81 bits per heavy atom. The molecule has 0 bridgehead atoms. The zero-order valence-corrected chi connectivity index (χ0v) is 16.1. The molecule has 0 aliphatic carbocycles. The van der Waals surface area contributed by atoms with E-state index in [4.69, 9.17) is 9.47 Å². The van der Waals surface area contributed by atoms with E-state index in [0.29, 0.717) is 18.0 Å². The average Bonchev–Trinajstić information content (AvgIpc) is 3.16. The fourth-order valence-corrected chi connectivity index (χ4v) is 3.56. The van der Waals surface area contributed by atoms with Gasteiger partial charge in [-0.3, -0.25) is 0 Å². The van der Waals surface area contributed by atoms with Crippen molar-refractivity contribution in [2.75, 3.05) is 14.2 Å². The number of halogens is 2. The van der Waals surface area contributed by atoms with Crippen LogP contribution in [-0.2, 0) is 6.54 Å². The summed E-state index contributed by atoms with van der Waals surface area (Å²) in [7, 11) is 3.20. The van der Waals surface area contributed by atoms with Crippen molar-refractivity contribution < 1.29 is 23.6 Å². The number of quaternary nitrogens is 1. The van der Waals surface area contributed by atoms with Gasteiger partial charge in [-0.25, -0.2) is 13.8 Å². The summed E-state index contributed by atoms with van der Waals surface area (Å²) in [6.45, 7) is 2.60. The lowest BCUT2D eigenvalue weighted by Gasteiger charge is -2.10. The third-order valence-electron chi connectivity index (χ3n) is 4.33. The number of nitrogens with zero attached hydrogens (tertiary/aromatic N) is 1. The molecule has 0 amide bonds. The second-order valence-electron chi connectivity index (χ2n) is 6.12. The fraction of sp³-hybridized carbons (Fsp3) is 0.250. The third-order valence-corrected chi connectivity index (χ3v) is 5.27. The Hall–Kier alpha value is -2.51. The molecule has 1 atom stereocenters. The number of rotatable bonds is 7. The van der Waals surface area contributed by atoms with E-state index in [-0.39, 0.29) is 6.04 Å².